The molecule has 104 valence electrons. The molecule has 18 heavy (non-hydrogen) atoms. The van der Waals surface area contributed by atoms with E-state index in [0.717, 1.165) is 29.3 Å². The molecule has 0 saturated carbocycles. The Bertz CT molecular complexity index is 373. The van der Waals surface area contributed by atoms with Crippen LogP contribution in [-0.2, 0) is 13.5 Å². The van der Waals surface area contributed by atoms with Gasteiger partial charge in [0.15, 0.2) is 0 Å². The van der Waals surface area contributed by atoms with Crippen molar-refractivity contribution in [3.05, 3.63) is 16.4 Å². The molecule has 0 spiro atoms. The molecule has 0 aromatic carbocycles. The fourth-order valence-corrected chi connectivity index (χ4v) is 2.75. The smallest absolute Gasteiger partial charge is 0.130 e. The van der Waals surface area contributed by atoms with E-state index in [-0.39, 0.29) is 6.04 Å². The van der Waals surface area contributed by atoms with Crippen molar-refractivity contribution in [1.29, 1.82) is 0 Å². The molecule has 1 heterocycles. The number of aromatic nitrogens is 2. The highest BCUT2D eigenvalue weighted by molar-refractivity contribution is 6.30. The van der Waals surface area contributed by atoms with Gasteiger partial charge in [0.1, 0.15) is 5.15 Å². The summed E-state index contributed by atoms with van der Waals surface area (Å²) in [5, 5.41) is 5.07. The second-order valence-electron chi connectivity index (χ2n) is 5.16. The Morgan fingerprint density at radius 3 is 2.50 bits per heavy atom. The first-order valence-electron chi connectivity index (χ1n) is 6.94. The van der Waals surface area contributed by atoms with Crippen molar-refractivity contribution in [3.8, 4) is 0 Å². The van der Waals surface area contributed by atoms with Crippen molar-refractivity contribution >= 4 is 11.6 Å². The molecule has 4 heteroatoms. The molecule has 1 rings (SSSR count). The second kappa shape index (κ2) is 7.15. The second-order valence-corrected chi connectivity index (χ2v) is 5.51. The molecule has 1 aromatic rings. The lowest BCUT2D eigenvalue weighted by Gasteiger charge is -2.22. The molecule has 0 aliphatic rings. The minimum Gasteiger partial charge on any atom is -0.327 e. The van der Waals surface area contributed by atoms with Gasteiger partial charge in [-0.15, -0.1) is 0 Å². The Balaban J connectivity index is 2.70. The SMILES string of the molecule is CCCCC(CC)C(N)Cc1c(C)nn(C)c1Cl. The van der Waals surface area contributed by atoms with Gasteiger partial charge in [-0.25, -0.2) is 0 Å². The van der Waals surface area contributed by atoms with Crippen molar-refractivity contribution in [3.63, 3.8) is 0 Å². The molecule has 0 fully saturated rings. The zero-order valence-electron chi connectivity index (χ0n) is 12.0. The first-order valence-corrected chi connectivity index (χ1v) is 7.32. The number of hydrogen-bond acceptors (Lipinski definition) is 2. The standard InChI is InChI=1S/C14H26ClN3/c1-5-7-8-11(6-2)13(16)9-12-10(3)17-18(4)14(12)15/h11,13H,5-9,16H2,1-4H3. The number of unbranched alkanes of at least 4 members (excludes halogenated alkanes) is 1. The fourth-order valence-electron chi connectivity index (χ4n) is 2.50. The van der Waals surface area contributed by atoms with Crippen LogP contribution in [0.2, 0.25) is 5.15 Å². The first kappa shape index (κ1) is 15.5. The van der Waals surface area contributed by atoms with E-state index in [2.05, 4.69) is 18.9 Å². The molecule has 2 N–H and O–H groups in total. The summed E-state index contributed by atoms with van der Waals surface area (Å²) in [5.74, 6) is 0.584. The van der Waals surface area contributed by atoms with Gasteiger partial charge in [0.2, 0.25) is 0 Å². The average Bonchev–Trinajstić information content (AvgIpc) is 2.57. The Morgan fingerprint density at radius 2 is 2.06 bits per heavy atom. The van der Waals surface area contributed by atoms with E-state index in [1.807, 2.05) is 14.0 Å². The summed E-state index contributed by atoms with van der Waals surface area (Å²) < 4.78 is 1.73. The van der Waals surface area contributed by atoms with Crippen LogP contribution in [0.25, 0.3) is 0 Å². The lowest BCUT2D eigenvalue weighted by Crippen LogP contribution is -2.32. The maximum atomic E-state index is 6.35. The third kappa shape index (κ3) is 3.72. The third-order valence-corrected chi connectivity index (χ3v) is 4.24. The maximum absolute atomic E-state index is 6.35. The van der Waals surface area contributed by atoms with E-state index in [4.69, 9.17) is 17.3 Å². The molecule has 0 radical (unpaired) electrons. The van der Waals surface area contributed by atoms with Gasteiger partial charge in [0, 0.05) is 18.7 Å². The number of rotatable bonds is 7. The molecule has 1 aromatic heterocycles. The average molecular weight is 272 g/mol. The molecule has 0 amide bonds. The third-order valence-electron chi connectivity index (χ3n) is 3.77. The van der Waals surface area contributed by atoms with E-state index in [1.54, 1.807) is 4.68 Å². The molecular weight excluding hydrogens is 246 g/mol. The zero-order chi connectivity index (χ0) is 13.7. The number of nitrogens with two attached hydrogens (primary N) is 1. The molecule has 0 bridgehead atoms. The van der Waals surface area contributed by atoms with Crippen LogP contribution >= 0.6 is 11.6 Å². The fraction of sp³-hybridized carbons (Fsp3) is 0.786. The lowest BCUT2D eigenvalue weighted by molar-refractivity contribution is 0.368. The van der Waals surface area contributed by atoms with Gasteiger partial charge < -0.3 is 5.73 Å². The van der Waals surface area contributed by atoms with Crippen LogP contribution in [0.15, 0.2) is 0 Å². The van der Waals surface area contributed by atoms with Gasteiger partial charge in [-0.3, -0.25) is 4.68 Å². The van der Waals surface area contributed by atoms with Gasteiger partial charge in [0.25, 0.3) is 0 Å². The van der Waals surface area contributed by atoms with Gasteiger partial charge in [-0.1, -0.05) is 44.7 Å². The van der Waals surface area contributed by atoms with E-state index in [0.29, 0.717) is 5.92 Å². The van der Waals surface area contributed by atoms with Crippen molar-refractivity contribution < 1.29 is 0 Å². The monoisotopic (exact) mass is 271 g/mol. The maximum Gasteiger partial charge on any atom is 0.130 e. The van der Waals surface area contributed by atoms with Crippen LogP contribution in [0.1, 0.15) is 50.8 Å². The summed E-state index contributed by atoms with van der Waals surface area (Å²) in [5.41, 5.74) is 8.47. The lowest BCUT2D eigenvalue weighted by atomic mass is 9.88. The van der Waals surface area contributed by atoms with Crippen molar-refractivity contribution in [1.82, 2.24) is 9.78 Å². The van der Waals surface area contributed by atoms with E-state index < -0.39 is 0 Å². The summed E-state index contributed by atoms with van der Waals surface area (Å²) in [6.07, 6.45) is 5.67. The van der Waals surface area contributed by atoms with Crippen LogP contribution in [-0.4, -0.2) is 15.8 Å². The van der Waals surface area contributed by atoms with Crippen molar-refractivity contribution in [2.24, 2.45) is 18.7 Å². The number of aryl methyl sites for hydroxylation is 2. The van der Waals surface area contributed by atoms with Crippen LogP contribution in [0, 0.1) is 12.8 Å². The van der Waals surface area contributed by atoms with Crippen molar-refractivity contribution in [2.75, 3.05) is 0 Å². The highest BCUT2D eigenvalue weighted by atomic mass is 35.5. The Hall–Kier alpha value is -0.540. The summed E-state index contributed by atoms with van der Waals surface area (Å²) in [7, 11) is 1.87. The normalized spacial score (nSPS) is 14.8. The highest BCUT2D eigenvalue weighted by Crippen LogP contribution is 2.24. The van der Waals surface area contributed by atoms with Gasteiger partial charge in [-0.2, -0.15) is 5.10 Å². The van der Waals surface area contributed by atoms with E-state index >= 15 is 0 Å². The zero-order valence-corrected chi connectivity index (χ0v) is 12.8. The van der Waals surface area contributed by atoms with Crippen molar-refractivity contribution in [2.45, 2.75) is 58.9 Å². The minimum absolute atomic E-state index is 0.182. The predicted octanol–water partition coefficient (Wildman–Crippen LogP) is 3.47. The van der Waals surface area contributed by atoms with Gasteiger partial charge >= 0.3 is 0 Å². The number of halogens is 1. The minimum atomic E-state index is 0.182. The summed E-state index contributed by atoms with van der Waals surface area (Å²) in [4.78, 5) is 0. The van der Waals surface area contributed by atoms with Crippen LogP contribution in [0.4, 0.5) is 0 Å². The molecule has 2 unspecified atom stereocenters. The first-order chi connectivity index (χ1) is 8.51. The van der Waals surface area contributed by atoms with Gasteiger partial charge in [-0.05, 0) is 25.7 Å². The summed E-state index contributed by atoms with van der Waals surface area (Å²) in [6.45, 7) is 6.44. The molecule has 2 atom stereocenters. The number of hydrogen-bond donors (Lipinski definition) is 1. The molecule has 3 nitrogen and oxygen atoms in total. The molecule has 0 saturated heterocycles. The Labute approximate surface area is 116 Å². The van der Waals surface area contributed by atoms with Crippen LogP contribution in [0.5, 0.6) is 0 Å². The van der Waals surface area contributed by atoms with Crippen LogP contribution in [0.3, 0.4) is 0 Å². The van der Waals surface area contributed by atoms with E-state index in [9.17, 15) is 0 Å². The van der Waals surface area contributed by atoms with E-state index in [1.165, 1.54) is 19.3 Å². The Kier molecular flexibility index (Phi) is 6.16. The predicted molar refractivity (Wildman–Crippen MR) is 77.9 cm³/mol. The molecule has 0 aliphatic heterocycles. The quantitative estimate of drug-likeness (QED) is 0.825. The molecular formula is C14H26ClN3. The van der Waals surface area contributed by atoms with Gasteiger partial charge in [0.05, 0.1) is 5.69 Å². The summed E-state index contributed by atoms with van der Waals surface area (Å²) in [6, 6.07) is 0.182. The van der Waals surface area contributed by atoms with Crippen LogP contribution < -0.4 is 5.73 Å². The number of nitrogens with zero attached hydrogens (tertiary/aromatic N) is 2. The topological polar surface area (TPSA) is 43.8 Å². The molecule has 0 aliphatic carbocycles. The highest BCUT2D eigenvalue weighted by Gasteiger charge is 2.20. The largest absolute Gasteiger partial charge is 0.327 e. The Morgan fingerprint density at radius 1 is 1.39 bits per heavy atom. The summed E-state index contributed by atoms with van der Waals surface area (Å²) >= 11 is 6.26.